The van der Waals surface area contributed by atoms with Crippen molar-refractivity contribution in [3.05, 3.63) is 29.3 Å². The Hall–Kier alpha value is -1.06. The Labute approximate surface area is 113 Å². The minimum atomic E-state index is 0. The van der Waals surface area contributed by atoms with Crippen LogP contribution >= 0.6 is 12.4 Å². The first-order valence-corrected chi connectivity index (χ1v) is 6.50. The van der Waals surface area contributed by atoms with Crippen LogP contribution in [0.5, 0.6) is 0 Å². The Morgan fingerprint density at radius 2 is 2.06 bits per heavy atom. The molecule has 0 radical (unpaired) electrons. The van der Waals surface area contributed by atoms with Crippen molar-refractivity contribution in [3.8, 4) is 0 Å². The van der Waals surface area contributed by atoms with Crippen molar-refractivity contribution >= 4 is 24.0 Å². The van der Waals surface area contributed by atoms with Crippen LogP contribution in [0.25, 0.3) is 0 Å². The topological polar surface area (TPSA) is 32.3 Å². The third kappa shape index (κ3) is 1.44. The first-order chi connectivity index (χ1) is 8.36. The van der Waals surface area contributed by atoms with E-state index in [1.807, 2.05) is 4.90 Å². The second-order valence-corrected chi connectivity index (χ2v) is 5.32. The van der Waals surface area contributed by atoms with Gasteiger partial charge in [-0.1, -0.05) is 18.2 Å². The van der Waals surface area contributed by atoms with Crippen molar-refractivity contribution in [1.82, 2.24) is 5.32 Å². The molecule has 3 heterocycles. The number of halogens is 1. The highest BCUT2D eigenvalue weighted by atomic mass is 35.5. The molecule has 3 nitrogen and oxygen atoms in total. The zero-order valence-corrected chi connectivity index (χ0v) is 11.0. The fraction of sp³-hybridized carbons (Fsp3) is 0.500. The van der Waals surface area contributed by atoms with E-state index >= 15 is 0 Å². The van der Waals surface area contributed by atoms with Crippen molar-refractivity contribution in [1.29, 1.82) is 0 Å². The summed E-state index contributed by atoms with van der Waals surface area (Å²) in [5.41, 5.74) is 4.01. The van der Waals surface area contributed by atoms with Crippen LogP contribution in [0.4, 0.5) is 5.69 Å². The van der Waals surface area contributed by atoms with Crippen molar-refractivity contribution in [3.63, 3.8) is 0 Å². The Morgan fingerprint density at radius 1 is 1.22 bits per heavy atom. The minimum absolute atomic E-state index is 0. The van der Waals surface area contributed by atoms with E-state index in [2.05, 4.69) is 23.5 Å². The molecule has 0 aromatic heterocycles. The van der Waals surface area contributed by atoms with E-state index in [0.717, 1.165) is 32.5 Å². The van der Waals surface area contributed by atoms with Gasteiger partial charge in [0, 0.05) is 25.6 Å². The summed E-state index contributed by atoms with van der Waals surface area (Å²) in [6, 6.07) is 6.55. The number of hydrogen-bond donors (Lipinski definition) is 1. The predicted molar refractivity (Wildman–Crippen MR) is 73.5 cm³/mol. The van der Waals surface area contributed by atoms with Crippen LogP contribution in [-0.4, -0.2) is 25.5 Å². The van der Waals surface area contributed by atoms with Gasteiger partial charge in [-0.3, -0.25) is 4.79 Å². The molecule has 0 spiro atoms. The minimum Gasteiger partial charge on any atom is -0.315 e. The van der Waals surface area contributed by atoms with E-state index in [9.17, 15) is 4.79 Å². The summed E-state index contributed by atoms with van der Waals surface area (Å²) >= 11 is 0. The molecule has 1 saturated heterocycles. The van der Waals surface area contributed by atoms with Crippen LogP contribution in [0.2, 0.25) is 0 Å². The van der Waals surface area contributed by atoms with Crippen molar-refractivity contribution in [2.45, 2.75) is 18.8 Å². The number of amides is 1. The molecular formula is C14H17ClN2O. The number of carbonyl (C=O) groups is 1. The lowest BCUT2D eigenvalue weighted by atomic mass is 9.80. The number of nitrogens with one attached hydrogen (secondary N) is 1. The molecule has 2 atom stereocenters. The fourth-order valence-corrected chi connectivity index (χ4v) is 3.67. The maximum atomic E-state index is 12.5. The summed E-state index contributed by atoms with van der Waals surface area (Å²) in [6.45, 7) is 2.72. The van der Waals surface area contributed by atoms with Crippen LogP contribution < -0.4 is 10.2 Å². The molecule has 1 aromatic rings. The molecule has 18 heavy (non-hydrogen) atoms. The molecule has 4 rings (SSSR count). The maximum Gasteiger partial charge on any atom is 0.232 e. The summed E-state index contributed by atoms with van der Waals surface area (Å²) in [5.74, 6) is 0.933. The van der Waals surface area contributed by atoms with E-state index < -0.39 is 0 Å². The standard InChI is InChI=1S/C14H16N2O.ClH/c17-14-12-8-15-7-11(12)10-5-1-3-9-4-2-6-16(14)13(9)10;/h1,3,5,11-12,15H,2,4,6-8H2;1H/t11-,12-;/m0./s1. The average molecular weight is 265 g/mol. The van der Waals surface area contributed by atoms with Gasteiger partial charge in [-0.15, -0.1) is 12.4 Å². The highest BCUT2D eigenvalue weighted by molar-refractivity contribution is 6.00. The van der Waals surface area contributed by atoms with Gasteiger partial charge in [-0.25, -0.2) is 0 Å². The lowest BCUT2D eigenvalue weighted by molar-refractivity contribution is -0.122. The number of benzene rings is 1. The molecule has 1 N–H and O–H groups in total. The second-order valence-electron chi connectivity index (χ2n) is 5.32. The molecule has 0 saturated carbocycles. The number of rotatable bonds is 0. The number of carbonyl (C=O) groups excluding carboxylic acids is 1. The normalized spacial score (nSPS) is 28.4. The lowest BCUT2D eigenvalue weighted by Crippen LogP contribution is -2.45. The number of aryl methyl sites for hydroxylation is 1. The van der Waals surface area contributed by atoms with Gasteiger partial charge in [-0.05, 0) is 24.0 Å². The zero-order chi connectivity index (χ0) is 11.4. The largest absolute Gasteiger partial charge is 0.315 e. The maximum absolute atomic E-state index is 12.5. The summed E-state index contributed by atoms with van der Waals surface area (Å²) in [7, 11) is 0. The summed E-state index contributed by atoms with van der Waals surface area (Å²) in [4.78, 5) is 14.5. The third-order valence-corrected chi connectivity index (χ3v) is 4.45. The number of nitrogens with zero attached hydrogens (tertiary/aromatic N) is 1. The number of hydrogen-bond acceptors (Lipinski definition) is 2. The van der Waals surface area contributed by atoms with Gasteiger partial charge in [0.05, 0.1) is 11.6 Å². The van der Waals surface area contributed by atoms with Crippen molar-refractivity contribution in [2.75, 3.05) is 24.5 Å². The molecule has 3 aliphatic rings. The van der Waals surface area contributed by atoms with Gasteiger partial charge >= 0.3 is 0 Å². The highest BCUT2D eigenvalue weighted by Crippen LogP contribution is 2.44. The number of para-hydroxylation sites is 1. The van der Waals surface area contributed by atoms with Crippen LogP contribution in [0.1, 0.15) is 23.5 Å². The summed E-state index contributed by atoms with van der Waals surface area (Å²) in [6.07, 6.45) is 2.23. The van der Waals surface area contributed by atoms with Crippen LogP contribution in [-0.2, 0) is 11.2 Å². The zero-order valence-electron chi connectivity index (χ0n) is 10.2. The average Bonchev–Trinajstić information content (AvgIpc) is 2.85. The van der Waals surface area contributed by atoms with Crippen molar-refractivity contribution < 1.29 is 4.79 Å². The number of fused-ring (bicyclic) bond motifs is 2. The van der Waals surface area contributed by atoms with E-state index in [1.165, 1.54) is 16.8 Å². The molecule has 0 aliphatic carbocycles. The van der Waals surface area contributed by atoms with Gasteiger partial charge in [0.25, 0.3) is 0 Å². The van der Waals surface area contributed by atoms with E-state index in [-0.39, 0.29) is 18.3 Å². The molecule has 4 heteroatoms. The van der Waals surface area contributed by atoms with E-state index in [0.29, 0.717) is 11.8 Å². The van der Waals surface area contributed by atoms with Gasteiger partial charge in [0.15, 0.2) is 0 Å². The van der Waals surface area contributed by atoms with E-state index in [4.69, 9.17) is 0 Å². The van der Waals surface area contributed by atoms with Gasteiger partial charge < -0.3 is 10.2 Å². The van der Waals surface area contributed by atoms with Crippen LogP contribution in [0.3, 0.4) is 0 Å². The Balaban J connectivity index is 0.000001000. The van der Waals surface area contributed by atoms with Gasteiger partial charge in [-0.2, -0.15) is 0 Å². The molecular weight excluding hydrogens is 248 g/mol. The summed E-state index contributed by atoms with van der Waals surface area (Å²) in [5, 5.41) is 3.37. The first-order valence-electron chi connectivity index (χ1n) is 6.50. The van der Waals surface area contributed by atoms with Crippen molar-refractivity contribution in [2.24, 2.45) is 5.92 Å². The molecule has 0 unspecified atom stereocenters. The lowest BCUT2D eigenvalue weighted by Gasteiger charge is -2.40. The second kappa shape index (κ2) is 4.25. The molecule has 0 bridgehead atoms. The van der Waals surface area contributed by atoms with Crippen LogP contribution in [0.15, 0.2) is 18.2 Å². The number of anilines is 1. The van der Waals surface area contributed by atoms with E-state index in [1.54, 1.807) is 0 Å². The molecule has 1 aromatic carbocycles. The fourth-order valence-electron chi connectivity index (χ4n) is 3.67. The third-order valence-electron chi connectivity index (χ3n) is 4.45. The smallest absolute Gasteiger partial charge is 0.232 e. The molecule has 96 valence electrons. The van der Waals surface area contributed by atoms with Gasteiger partial charge in [0.1, 0.15) is 0 Å². The summed E-state index contributed by atoms with van der Waals surface area (Å²) < 4.78 is 0. The van der Waals surface area contributed by atoms with Crippen LogP contribution in [0, 0.1) is 5.92 Å². The van der Waals surface area contributed by atoms with Gasteiger partial charge in [0.2, 0.25) is 5.91 Å². The molecule has 1 fully saturated rings. The Bertz CT molecular complexity index is 503. The Morgan fingerprint density at radius 3 is 2.94 bits per heavy atom. The predicted octanol–water partition coefficient (Wildman–Crippen LogP) is 1.70. The highest BCUT2D eigenvalue weighted by Gasteiger charge is 2.44. The Kier molecular flexibility index (Phi) is 2.83. The molecule has 1 amide bonds. The quantitative estimate of drug-likeness (QED) is 0.774. The monoisotopic (exact) mass is 264 g/mol. The first kappa shape index (κ1) is 12.0. The molecule has 3 aliphatic heterocycles. The SMILES string of the molecule is Cl.O=C1[C@H]2CNC[C@H]2c2cccc3c2N1CCC3.